The summed E-state index contributed by atoms with van der Waals surface area (Å²) in [5, 5.41) is 9.57. The first-order valence-electron chi connectivity index (χ1n) is 8.09. The molecule has 1 aromatic carbocycles. The number of rotatable bonds is 2. The van der Waals surface area contributed by atoms with Gasteiger partial charge in [0.1, 0.15) is 0 Å². The summed E-state index contributed by atoms with van der Waals surface area (Å²) < 4.78 is 13.2. The van der Waals surface area contributed by atoms with Crippen LogP contribution in [-0.4, -0.2) is 17.0 Å². The van der Waals surface area contributed by atoms with Gasteiger partial charge in [0.2, 0.25) is 0 Å². The molecule has 3 aliphatic rings. The fourth-order valence-corrected chi connectivity index (χ4v) is 3.20. The fraction of sp³-hybridized carbons (Fsp3) is 0.200. The van der Waals surface area contributed by atoms with Gasteiger partial charge in [-0.25, -0.2) is 4.39 Å². The van der Waals surface area contributed by atoms with Gasteiger partial charge in [-0.2, -0.15) is 0 Å². The van der Waals surface area contributed by atoms with E-state index >= 15 is 0 Å². The number of phenols is 1. The van der Waals surface area contributed by atoms with E-state index in [0.29, 0.717) is 5.56 Å². The zero-order valence-electron chi connectivity index (χ0n) is 13.1. The molecule has 0 aromatic heterocycles. The predicted molar refractivity (Wildman–Crippen MR) is 94.6 cm³/mol. The van der Waals surface area contributed by atoms with Gasteiger partial charge in [0.25, 0.3) is 0 Å². The van der Waals surface area contributed by atoms with Gasteiger partial charge in [-0.15, -0.1) is 0 Å². The third-order valence-corrected chi connectivity index (χ3v) is 4.55. The number of fused-ring (bicyclic) bond motifs is 1. The molecule has 2 heterocycles. The van der Waals surface area contributed by atoms with Crippen LogP contribution in [0.2, 0.25) is 0 Å². The number of allylic oxidation sites excluding steroid dienone is 6. The highest BCUT2D eigenvalue weighted by atomic mass is 19.1. The van der Waals surface area contributed by atoms with Crippen molar-refractivity contribution in [1.82, 2.24) is 0 Å². The van der Waals surface area contributed by atoms with Gasteiger partial charge in [0.15, 0.2) is 11.6 Å². The summed E-state index contributed by atoms with van der Waals surface area (Å²) >= 11 is 0. The van der Waals surface area contributed by atoms with E-state index in [0.717, 1.165) is 30.7 Å². The number of phenolic OH excluding ortho intramolecular Hbond substituents is 1. The van der Waals surface area contributed by atoms with Crippen LogP contribution in [0.25, 0.3) is 5.70 Å². The average Bonchev–Trinajstić information content (AvgIpc) is 3.04. The highest BCUT2D eigenvalue weighted by Gasteiger charge is 2.21. The van der Waals surface area contributed by atoms with E-state index < -0.39 is 5.82 Å². The van der Waals surface area contributed by atoms with Crippen LogP contribution in [0.4, 0.5) is 4.39 Å². The van der Waals surface area contributed by atoms with Crippen LogP contribution in [0.15, 0.2) is 69.8 Å². The van der Waals surface area contributed by atoms with E-state index in [9.17, 15) is 9.50 Å². The molecule has 1 N–H and O–H groups in total. The van der Waals surface area contributed by atoms with Crippen molar-refractivity contribution in [1.29, 1.82) is 0 Å². The van der Waals surface area contributed by atoms with Crippen LogP contribution >= 0.6 is 0 Å². The highest BCUT2D eigenvalue weighted by Crippen LogP contribution is 2.32. The zero-order valence-corrected chi connectivity index (χ0v) is 13.1. The first-order chi connectivity index (χ1) is 11.7. The van der Waals surface area contributed by atoms with Crippen molar-refractivity contribution in [2.75, 3.05) is 0 Å². The Balaban J connectivity index is 1.59. The van der Waals surface area contributed by atoms with E-state index in [-0.39, 0.29) is 11.7 Å². The van der Waals surface area contributed by atoms with Crippen molar-refractivity contribution < 1.29 is 9.50 Å². The van der Waals surface area contributed by atoms with Crippen molar-refractivity contribution in [2.45, 2.75) is 19.3 Å². The van der Waals surface area contributed by atoms with Gasteiger partial charge in [-0.05, 0) is 54.7 Å². The van der Waals surface area contributed by atoms with Crippen LogP contribution in [0, 0.1) is 11.7 Å². The summed E-state index contributed by atoms with van der Waals surface area (Å²) in [4.78, 5) is 9.04. The number of halogens is 1. The predicted octanol–water partition coefficient (Wildman–Crippen LogP) is 4.58. The summed E-state index contributed by atoms with van der Waals surface area (Å²) in [5.41, 5.74) is 4.93. The molecule has 120 valence electrons. The third-order valence-electron chi connectivity index (χ3n) is 4.55. The highest BCUT2D eigenvalue weighted by molar-refractivity contribution is 6.34. The van der Waals surface area contributed by atoms with E-state index in [4.69, 9.17) is 0 Å². The Bertz CT molecular complexity index is 872. The molecule has 0 fully saturated rings. The zero-order chi connectivity index (χ0) is 16.5. The summed E-state index contributed by atoms with van der Waals surface area (Å²) in [6, 6.07) is 4.31. The molecule has 2 aliphatic heterocycles. The summed E-state index contributed by atoms with van der Waals surface area (Å²) in [6.07, 6.45) is 15.2. The maximum Gasteiger partial charge on any atom is 0.164 e. The quantitative estimate of drug-likeness (QED) is 0.852. The summed E-state index contributed by atoms with van der Waals surface area (Å²) in [5.74, 6) is -0.792. The van der Waals surface area contributed by atoms with Crippen LogP contribution in [0.3, 0.4) is 0 Å². The van der Waals surface area contributed by atoms with Crippen molar-refractivity contribution in [2.24, 2.45) is 15.9 Å². The Hall–Kier alpha value is -2.75. The van der Waals surface area contributed by atoms with Crippen molar-refractivity contribution in [3.63, 3.8) is 0 Å². The van der Waals surface area contributed by atoms with Gasteiger partial charge >= 0.3 is 0 Å². The number of aliphatic imine (C=N–C) groups is 2. The number of benzene rings is 1. The van der Waals surface area contributed by atoms with Crippen LogP contribution in [0.5, 0.6) is 5.75 Å². The second-order valence-corrected chi connectivity index (χ2v) is 6.13. The molecule has 1 aliphatic carbocycles. The average molecular weight is 320 g/mol. The lowest BCUT2D eigenvalue weighted by Gasteiger charge is -2.17. The van der Waals surface area contributed by atoms with Crippen LogP contribution in [-0.2, 0) is 0 Å². The maximum absolute atomic E-state index is 13.2. The van der Waals surface area contributed by atoms with Gasteiger partial charge in [0, 0.05) is 23.9 Å². The molecule has 1 aromatic rings. The Labute approximate surface area is 140 Å². The topological polar surface area (TPSA) is 45.0 Å². The number of nitrogens with zero attached hydrogens (tertiary/aromatic N) is 2. The van der Waals surface area contributed by atoms with E-state index in [1.54, 1.807) is 12.3 Å². The molecule has 24 heavy (non-hydrogen) atoms. The molecule has 0 saturated heterocycles. The Morgan fingerprint density at radius 1 is 1.25 bits per heavy atom. The minimum absolute atomic E-state index is 0.185. The van der Waals surface area contributed by atoms with Crippen LogP contribution < -0.4 is 0 Å². The van der Waals surface area contributed by atoms with E-state index in [1.165, 1.54) is 23.3 Å². The molecule has 1 unspecified atom stereocenters. The smallest absolute Gasteiger partial charge is 0.164 e. The normalized spacial score (nSPS) is 22.3. The first-order valence-corrected chi connectivity index (χ1v) is 8.09. The Morgan fingerprint density at radius 2 is 2.17 bits per heavy atom. The third kappa shape index (κ3) is 2.75. The van der Waals surface area contributed by atoms with Crippen molar-refractivity contribution in [3.05, 3.63) is 71.2 Å². The van der Waals surface area contributed by atoms with E-state index in [2.05, 4.69) is 34.3 Å². The second-order valence-electron chi connectivity index (χ2n) is 6.13. The molecule has 4 rings (SSSR count). The second kappa shape index (κ2) is 6.04. The standard InChI is InChI=1S/C20H17FN2O/c21-17-8-7-15(10-20(17)24)18-9-14-5-6-16(13-3-1-2-4-13)11-22-19(14)12-23-18/h1,3-4,7-12,14,24H,2,5-6H2. The van der Waals surface area contributed by atoms with Gasteiger partial charge in [-0.3, -0.25) is 9.98 Å². The SMILES string of the molecule is Oc1cc(C2=CC3CCC(C4=CCC=C4)=CN=C3C=N2)ccc1F. The van der Waals surface area contributed by atoms with Crippen molar-refractivity contribution in [3.8, 4) is 5.75 Å². The van der Waals surface area contributed by atoms with Crippen molar-refractivity contribution >= 4 is 17.6 Å². The molecule has 0 amide bonds. The summed E-state index contributed by atoms with van der Waals surface area (Å²) in [6.45, 7) is 0. The number of aromatic hydroxyl groups is 1. The molecular formula is C20H17FN2O. The largest absolute Gasteiger partial charge is 0.505 e. The molecule has 0 saturated carbocycles. The molecule has 0 spiro atoms. The van der Waals surface area contributed by atoms with Gasteiger partial charge in [0.05, 0.1) is 11.4 Å². The lowest BCUT2D eigenvalue weighted by Crippen LogP contribution is -2.16. The Kier molecular flexibility index (Phi) is 3.73. The molecule has 1 atom stereocenters. The maximum atomic E-state index is 13.2. The lowest BCUT2D eigenvalue weighted by molar-refractivity contribution is 0.432. The molecule has 3 nitrogen and oxygen atoms in total. The molecular weight excluding hydrogens is 303 g/mol. The van der Waals surface area contributed by atoms with E-state index in [1.807, 2.05) is 6.20 Å². The van der Waals surface area contributed by atoms with Crippen LogP contribution in [0.1, 0.15) is 24.8 Å². The van der Waals surface area contributed by atoms with Gasteiger partial charge < -0.3 is 5.11 Å². The first kappa shape index (κ1) is 14.8. The molecule has 4 heteroatoms. The Morgan fingerprint density at radius 3 is 2.96 bits per heavy atom. The minimum Gasteiger partial charge on any atom is -0.505 e. The monoisotopic (exact) mass is 320 g/mol. The molecule has 0 radical (unpaired) electrons. The number of hydrogen-bond donors (Lipinski definition) is 1. The number of hydrogen-bond acceptors (Lipinski definition) is 3. The minimum atomic E-state index is -0.623. The fourth-order valence-electron chi connectivity index (χ4n) is 3.20. The van der Waals surface area contributed by atoms with Gasteiger partial charge in [-0.1, -0.05) is 18.2 Å². The lowest BCUT2D eigenvalue weighted by atomic mass is 9.91. The molecule has 0 bridgehead atoms. The summed E-state index contributed by atoms with van der Waals surface area (Å²) in [7, 11) is 0.